The number of benzene rings is 1. The fourth-order valence-electron chi connectivity index (χ4n) is 6.32. The van der Waals surface area contributed by atoms with Gasteiger partial charge >= 0.3 is 0 Å². The summed E-state index contributed by atoms with van der Waals surface area (Å²) < 4.78 is 6.73. The molecule has 0 aliphatic carbocycles. The Morgan fingerprint density at radius 2 is 1.98 bits per heavy atom. The minimum absolute atomic E-state index is 0.0388. The maximum Gasteiger partial charge on any atom is 0.241 e. The van der Waals surface area contributed by atoms with E-state index in [0.29, 0.717) is 50.7 Å². The lowest BCUT2D eigenvalue weighted by molar-refractivity contribution is -0.132. The number of likely N-dealkylation sites (tertiary alicyclic amines) is 1. The fourth-order valence-corrected chi connectivity index (χ4v) is 8.17. The first-order valence-electron chi connectivity index (χ1n) is 16.3. The van der Waals surface area contributed by atoms with Gasteiger partial charge in [0.1, 0.15) is 16.8 Å². The van der Waals surface area contributed by atoms with Crippen LogP contribution < -0.4 is 10.1 Å². The number of carbonyl (C=O) groups excluding carboxylic acids is 2. The van der Waals surface area contributed by atoms with Crippen LogP contribution in [-0.2, 0) is 16.6 Å². The van der Waals surface area contributed by atoms with Gasteiger partial charge in [0.2, 0.25) is 17.7 Å². The first kappa shape index (κ1) is 33.0. The highest BCUT2D eigenvalue weighted by atomic mass is 32.2. The molecule has 2 aliphatic rings. The molecule has 1 aromatic carbocycles. The second-order valence-corrected chi connectivity index (χ2v) is 15.0. The highest BCUT2D eigenvalue weighted by Crippen LogP contribution is 2.37. The predicted octanol–water partition coefficient (Wildman–Crippen LogP) is 5.33. The molecular weight excluding hydrogens is 659 g/mol. The maximum atomic E-state index is 13.8. The topological polar surface area (TPSA) is 134 Å². The summed E-state index contributed by atoms with van der Waals surface area (Å²) in [6, 6.07) is 13.7. The third kappa shape index (κ3) is 6.98. The molecule has 2 amide bonds. The van der Waals surface area contributed by atoms with Gasteiger partial charge in [0.25, 0.3) is 0 Å². The average molecular weight is 698 g/mol. The highest BCUT2D eigenvalue weighted by Gasteiger charge is 2.44. The Hall–Kier alpha value is -4.53. The number of aromatic amines is 1. The van der Waals surface area contributed by atoms with Gasteiger partial charge < -0.3 is 15.0 Å². The van der Waals surface area contributed by atoms with Gasteiger partial charge in [-0.05, 0) is 74.9 Å². The number of thiophene rings is 1. The lowest BCUT2D eigenvalue weighted by atomic mass is 10.1. The number of rotatable bonds is 10. The molecule has 2 aliphatic heterocycles. The van der Waals surface area contributed by atoms with Crippen molar-refractivity contribution in [3.05, 3.63) is 65.9 Å². The molecule has 6 heterocycles. The first-order valence-corrected chi connectivity index (χ1v) is 18.4. The van der Waals surface area contributed by atoms with Crippen LogP contribution >= 0.6 is 23.1 Å². The number of fused-ring (bicyclic) bond motifs is 1. The Kier molecular flexibility index (Phi) is 9.27. The molecule has 0 radical (unpaired) electrons. The van der Waals surface area contributed by atoms with Crippen molar-refractivity contribution in [1.29, 1.82) is 0 Å². The molecule has 7 rings (SSSR count). The molecule has 0 unspecified atom stereocenters. The van der Waals surface area contributed by atoms with Gasteiger partial charge in [-0.15, -0.1) is 23.1 Å². The van der Waals surface area contributed by atoms with Crippen molar-refractivity contribution in [2.75, 3.05) is 44.3 Å². The summed E-state index contributed by atoms with van der Waals surface area (Å²) in [7, 11) is 1.86. The van der Waals surface area contributed by atoms with Gasteiger partial charge in [0, 0.05) is 67.0 Å². The number of pyridine rings is 1. The van der Waals surface area contributed by atoms with Crippen molar-refractivity contribution in [2.24, 2.45) is 7.05 Å². The SMILES string of the molecule is CS[C@@]1(C(=O)Nc2ccc3[nH]nc(-c4ccc(OC(C)C)nc4)c3c2)CCN(CC(=O)N2CC=C(c3ccc(-c4ncn(C)n4)s3)CC2)C1. The largest absolute Gasteiger partial charge is 0.475 e. The van der Waals surface area contributed by atoms with Crippen LogP contribution in [0.2, 0.25) is 0 Å². The summed E-state index contributed by atoms with van der Waals surface area (Å²) in [6.45, 7) is 6.67. The summed E-state index contributed by atoms with van der Waals surface area (Å²) >= 11 is 3.23. The zero-order valence-corrected chi connectivity index (χ0v) is 29.6. The van der Waals surface area contributed by atoms with Crippen molar-refractivity contribution in [3.63, 3.8) is 0 Å². The molecule has 1 fully saturated rings. The van der Waals surface area contributed by atoms with Crippen molar-refractivity contribution in [1.82, 2.24) is 39.7 Å². The first-order chi connectivity index (χ1) is 23.7. The van der Waals surface area contributed by atoms with E-state index in [1.54, 1.807) is 40.3 Å². The van der Waals surface area contributed by atoms with E-state index in [1.165, 1.54) is 10.5 Å². The number of nitrogens with one attached hydrogen (secondary N) is 2. The second kappa shape index (κ2) is 13.8. The van der Waals surface area contributed by atoms with Gasteiger partial charge in [-0.1, -0.05) is 6.08 Å². The van der Waals surface area contributed by atoms with E-state index in [9.17, 15) is 9.59 Å². The Morgan fingerprint density at radius 3 is 2.69 bits per heavy atom. The van der Waals surface area contributed by atoms with Gasteiger partial charge in [0.05, 0.1) is 23.0 Å². The molecule has 14 heteroatoms. The number of H-pyrrole nitrogens is 1. The molecule has 5 aromatic rings. The van der Waals surface area contributed by atoms with E-state index in [0.717, 1.165) is 39.3 Å². The Balaban J connectivity index is 0.962. The van der Waals surface area contributed by atoms with Crippen LogP contribution in [0.25, 0.3) is 38.4 Å². The highest BCUT2D eigenvalue weighted by molar-refractivity contribution is 8.00. The standard InChI is InChI=1S/C35H39N9O3S2/c1-22(2)47-30-10-5-24(18-36-30)32-26-17-25(6-7-27(26)39-40-32)38-34(46)35(48-4)13-16-43(20-35)19-31(45)44-14-11-23(12-15-44)28-8-9-29(49-28)33-37-21-42(3)41-33/h5-11,17-18,21-22H,12-16,19-20H2,1-4H3,(H,38,46)(H,39,40)/t35-/m0/s1. The van der Waals surface area contributed by atoms with Crippen molar-refractivity contribution < 1.29 is 14.3 Å². The van der Waals surface area contributed by atoms with Crippen LogP contribution in [0.4, 0.5) is 5.69 Å². The molecule has 49 heavy (non-hydrogen) atoms. The zero-order chi connectivity index (χ0) is 34.1. The fraction of sp³-hybridized carbons (Fsp3) is 0.371. The van der Waals surface area contributed by atoms with Crippen molar-refractivity contribution >= 4 is 57.1 Å². The third-order valence-corrected chi connectivity index (χ3v) is 11.4. The molecule has 12 nitrogen and oxygen atoms in total. The Morgan fingerprint density at radius 1 is 1.12 bits per heavy atom. The molecule has 0 bridgehead atoms. The number of hydrogen-bond acceptors (Lipinski definition) is 10. The molecular formula is C35H39N9O3S2. The van der Waals surface area contributed by atoms with Gasteiger partial charge in [0.15, 0.2) is 5.82 Å². The third-order valence-electron chi connectivity index (χ3n) is 8.97. The van der Waals surface area contributed by atoms with Gasteiger partial charge in [-0.3, -0.25) is 24.3 Å². The molecule has 0 spiro atoms. The van der Waals surface area contributed by atoms with E-state index >= 15 is 0 Å². The van der Waals surface area contributed by atoms with Gasteiger partial charge in [-0.2, -0.15) is 10.2 Å². The van der Waals surface area contributed by atoms with E-state index in [-0.39, 0.29) is 17.9 Å². The number of nitrogens with zero attached hydrogens (tertiary/aromatic N) is 7. The molecule has 0 saturated carbocycles. The molecule has 2 N–H and O–H groups in total. The normalized spacial score (nSPS) is 18.3. The molecule has 1 saturated heterocycles. The minimum Gasteiger partial charge on any atom is -0.475 e. The van der Waals surface area contributed by atoms with E-state index < -0.39 is 4.75 Å². The van der Waals surface area contributed by atoms with Crippen molar-refractivity contribution in [3.8, 4) is 27.8 Å². The van der Waals surface area contributed by atoms with E-state index in [1.807, 2.05) is 62.4 Å². The number of aryl methyl sites for hydroxylation is 1. The predicted molar refractivity (Wildman–Crippen MR) is 195 cm³/mol. The Labute approximate surface area is 293 Å². The summed E-state index contributed by atoms with van der Waals surface area (Å²) in [6.07, 6.45) is 9.08. The monoisotopic (exact) mass is 697 g/mol. The number of hydrogen-bond donors (Lipinski definition) is 2. The zero-order valence-electron chi connectivity index (χ0n) is 28.0. The van der Waals surface area contributed by atoms with E-state index in [2.05, 4.69) is 53.7 Å². The van der Waals surface area contributed by atoms with Crippen LogP contribution in [0.3, 0.4) is 0 Å². The number of amides is 2. The number of thioether (sulfide) groups is 1. The number of anilines is 1. The summed E-state index contributed by atoms with van der Waals surface area (Å²) in [4.78, 5) is 42.2. The molecule has 254 valence electrons. The van der Waals surface area contributed by atoms with Gasteiger partial charge in [-0.25, -0.2) is 9.97 Å². The van der Waals surface area contributed by atoms with Crippen LogP contribution in [-0.4, -0.2) is 101 Å². The second-order valence-electron chi connectivity index (χ2n) is 12.7. The Bertz CT molecular complexity index is 2020. The van der Waals surface area contributed by atoms with Crippen molar-refractivity contribution in [2.45, 2.75) is 37.5 Å². The lowest BCUT2D eigenvalue weighted by Crippen LogP contribution is -2.45. The smallest absolute Gasteiger partial charge is 0.241 e. The maximum absolute atomic E-state index is 13.8. The summed E-state index contributed by atoms with van der Waals surface area (Å²) in [5.74, 6) is 1.33. The van der Waals surface area contributed by atoms with Crippen LogP contribution in [0.15, 0.2) is 61.1 Å². The van der Waals surface area contributed by atoms with Crippen LogP contribution in [0, 0.1) is 0 Å². The van der Waals surface area contributed by atoms with E-state index in [4.69, 9.17) is 4.74 Å². The quantitative estimate of drug-likeness (QED) is 0.199. The average Bonchev–Trinajstić information content (AvgIpc) is 3.92. The summed E-state index contributed by atoms with van der Waals surface area (Å²) in [5, 5.41) is 16.1. The molecule has 4 aromatic heterocycles. The number of ether oxygens (including phenoxy) is 1. The minimum atomic E-state index is -0.654. The van der Waals surface area contributed by atoms with Crippen LogP contribution in [0.5, 0.6) is 5.88 Å². The van der Waals surface area contributed by atoms with Crippen LogP contribution in [0.1, 0.15) is 31.6 Å². The lowest BCUT2D eigenvalue weighted by Gasteiger charge is -2.29. The number of aromatic nitrogens is 6. The number of carbonyl (C=O) groups is 2. The molecule has 1 atom stereocenters. The summed E-state index contributed by atoms with van der Waals surface area (Å²) in [5.41, 5.74) is 4.41.